The molecule has 0 N–H and O–H groups in total. The summed E-state index contributed by atoms with van der Waals surface area (Å²) in [6, 6.07) is 4.07. The van der Waals surface area contributed by atoms with Gasteiger partial charge in [0, 0.05) is 0 Å². The van der Waals surface area contributed by atoms with Crippen molar-refractivity contribution in [2.45, 2.75) is 0 Å². The van der Waals surface area contributed by atoms with E-state index in [9.17, 15) is 14.4 Å². The molecule has 0 aliphatic heterocycles. The Bertz CT molecular complexity index is 446. The average Bonchev–Trinajstić information content (AvgIpc) is 2.17. The second-order valence-corrected chi connectivity index (χ2v) is 3.14. The number of hydrogen-bond acceptors (Lipinski definition) is 4. The summed E-state index contributed by atoms with van der Waals surface area (Å²) in [4.78, 5) is 35.2. The largest absolute Gasteiger partial charge is 0.276 e. The number of halogens is 2. The number of isocyanates is 1. The fourth-order valence-electron chi connectivity index (χ4n) is 1.03. The highest BCUT2D eigenvalue weighted by Gasteiger charge is 2.16. The molecule has 0 aliphatic carbocycles. The molecule has 1 rings (SSSR count). The van der Waals surface area contributed by atoms with Gasteiger partial charge in [0.2, 0.25) is 6.08 Å². The van der Waals surface area contributed by atoms with Gasteiger partial charge in [0.1, 0.15) is 5.69 Å². The van der Waals surface area contributed by atoms with Gasteiger partial charge in [-0.25, -0.2) is 4.79 Å². The van der Waals surface area contributed by atoms with E-state index in [1.165, 1.54) is 24.3 Å². The van der Waals surface area contributed by atoms with Crippen molar-refractivity contribution >= 4 is 45.5 Å². The molecule has 0 bridgehead atoms. The Kier molecular flexibility index (Phi) is 3.74. The van der Waals surface area contributed by atoms with Crippen molar-refractivity contribution in [2.24, 2.45) is 4.99 Å². The van der Waals surface area contributed by atoms with E-state index in [-0.39, 0.29) is 16.8 Å². The first kappa shape index (κ1) is 11.6. The van der Waals surface area contributed by atoms with Crippen LogP contribution in [-0.2, 0) is 4.79 Å². The fraction of sp³-hybridized carbons (Fsp3) is 0. The molecule has 0 spiro atoms. The van der Waals surface area contributed by atoms with Crippen LogP contribution in [0.25, 0.3) is 0 Å². The molecule has 15 heavy (non-hydrogen) atoms. The van der Waals surface area contributed by atoms with Crippen molar-refractivity contribution in [1.82, 2.24) is 0 Å². The maximum Gasteiger partial charge on any atom is 0.254 e. The minimum atomic E-state index is -0.830. The summed E-state index contributed by atoms with van der Waals surface area (Å²) in [7, 11) is 0. The van der Waals surface area contributed by atoms with Crippen LogP contribution >= 0.6 is 23.2 Å². The van der Waals surface area contributed by atoms with Gasteiger partial charge in [0.25, 0.3) is 10.5 Å². The molecule has 76 valence electrons. The molecule has 0 aliphatic rings. The lowest BCUT2D eigenvalue weighted by atomic mass is 10.1. The zero-order valence-corrected chi connectivity index (χ0v) is 8.67. The third-order valence-electron chi connectivity index (χ3n) is 1.62. The van der Waals surface area contributed by atoms with Crippen LogP contribution in [0, 0.1) is 0 Å². The van der Waals surface area contributed by atoms with E-state index < -0.39 is 10.5 Å². The molecule has 0 heterocycles. The highest BCUT2D eigenvalue weighted by atomic mass is 35.5. The molecule has 0 amide bonds. The first-order valence-corrected chi connectivity index (χ1v) is 4.44. The Morgan fingerprint density at radius 1 is 1.13 bits per heavy atom. The molecule has 0 fully saturated rings. The molecule has 0 saturated heterocycles. The number of rotatable bonds is 3. The van der Waals surface area contributed by atoms with Gasteiger partial charge < -0.3 is 0 Å². The summed E-state index contributed by atoms with van der Waals surface area (Å²) >= 11 is 10.5. The van der Waals surface area contributed by atoms with Crippen molar-refractivity contribution < 1.29 is 14.4 Å². The molecule has 0 aromatic heterocycles. The van der Waals surface area contributed by atoms with E-state index in [1.54, 1.807) is 0 Å². The van der Waals surface area contributed by atoms with Gasteiger partial charge in [0.15, 0.2) is 0 Å². The molecule has 0 radical (unpaired) electrons. The van der Waals surface area contributed by atoms with Crippen LogP contribution in [0.4, 0.5) is 5.69 Å². The topological polar surface area (TPSA) is 63.6 Å². The van der Waals surface area contributed by atoms with Gasteiger partial charge >= 0.3 is 0 Å². The Balaban J connectivity index is 3.55. The number of carbonyl (C=O) groups excluding carboxylic acids is 3. The summed E-state index contributed by atoms with van der Waals surface area (Å²) in [5.41, 5.74) is -0.287. The zero-order chi connectivity index (χ0) is 11.4. The maximum atomic E-state index is 10.9. The molecule has 1 aromatic rings. The first-order valence-electron chi connectivity index (χ1n) is 3.68. The summed E-state index contributed by atoms with van der Waals surface area (Å²) in [6.07, 6.45) is 1.23. The predicted molar refractivity (Wildman–Crippen MR) is 54.6 cm³/mol. The van der Waals surface area contributed by atoms with Gasteiger partial charge in [-0.05, 0) is 35.3 Å². The summed E-state index contributed by atoms with van der Waals surface area (Å²) in [5.74, 6) is 0. The average molecular weight is 244 g/mol. The highest BCUT2D eigenvalue weighted by molar-refractivity contribution is 6.70. The fourth-order valence-corrected chi connectivity index (χ4v) is 1.33. The van der Waals surface area contributed by atoms with E-state index in [0.717, 1.165) is 0 Å². The molecular formula is C9H3Cl2NO3. The van der Waals surface area contributed by atoms with Crippen molar-refractivity contribution in [2.75, 3.05) is 0 Å². The van der Waals surface area contributed by atoms with Gasteiger partial charge in [-0.15, -0.1) is 0 Å². The van der Waals surface area contributed by atoms with Gasteiger partial charge in [-0.2, -0.15) is 4.99 Å². The monoisotopic (exact) mass is 243 g/mol. The van der Waals surface area contributed by atoms with Crippen LogP contribution in [0.2, 0.25) is 0 Å². The van der Waals surface area contributed by atoms with Crippen LogP contribution in [0.5, 0.6) is 0 Å². The molecule has 0 saturated carbocycles. The highest BCUT2D eigenvalue weighted by Crippen LogP contribution is 2.26. The van der Waals surface area contributed by atoms with Crippen molar-refractivity contribution in [3.8, 4) is 0 Å². The molecular weight excluding hydrogens is 241 g/mol. The van der Waals surface area contributed by atoms with Gasteiger partial charge in [-0.3, -0.25) is 9.59 Å². The normalized spacial score (nSPS) is 9.20. The number of para-hydroxylation sites is 1. The SMILES string of the molecule is O=C=Nc1c(C(=O)Cl)cccc1C(=O)Cl. The Labute approximate surface area is 94.5 Å². The van der Waals surface area contributed by atoms with Crippen LogP contribution in [0.3, 0.4) is 0 Å². The van der Waals surface area contributed by atoms with Crippen molar-refractivity contribution in [3.05, 3.63) is 29.3 Å². The minimum absolute atomic E-state index is 0.0634. The lowest BCUT2D eigenvalue weighted by Gasteiger charge is -2.02. The number of nitrogens with zero attached hydrogens (tertiary/aromatic N) is 1. The molecule has 1 aromatic carbocycles. The lowest BCUT2D eigenvalue weighted by Crippen LogP contribution is -1.96. The Morgan fingerprint density at radius 2 is 1.60 bits per heavy atom. The van der Waals surface area contributed by atoms with Gasteiger partial charge in [-0.1, -0.05) is 6.07 Å². The lowest BCUT2D eigenvalue weighted by molar-refractivity contribution is 0.108. The van der Waals surface area contributed by atoms with Crippen molar-refractivity contribution in [1.29, 1.82) is 0 Å². The van der Waals surface area contributed by atoms with E-state index in [0.29, 0.717) is 0 Å². The van der Waals surface area contributed by atoms with Crippen LogP contribution in [0.15, 0.2) is 23.2 Å². The quantitative estimate of drug-likeness (QED) is 0.466. The maximum absolute atomic E-state index is 10.9. The molecule has 4 nitrogen and oxygen atoms in total. The predicted octanol–water partition coefficient (Wildman–Crippen LogP) is 2.41. The third-order valence-corrected chi connectivity index (χ3v) is 2.02. The third kappa shape index (κ3) is 2.50. The number of benzene rings is 1. The van der Waals surface area contributed by atoms with Crippen LogP contribution in [-0.4, -0.2) is 16.6 Å². The Hall–Kier alpha value is -1.48. The van der Waals surface area contributed by atoms with Crippen molar-refractivity contribution in [3.63, 3.8) is 0 Å². The summed E-state index contributed by atoms with van der Waals surface area (Å²) < 4.78 is 0. The second kappa shape index (κ2) is 4.84. The van der Waals surface area contributed by atoms with E-state index >= 15 is 0 Å². The number of hydrogen-bond donors (Lipinski definition) is 0. The van der Waals surface area contributed by atoms with Gasteiger partial charge in [0.05, 0.1) is 11.1 Å². The molecule has 6 heteroatoms. The number of aliphatic imine (C=N–C) groups is 1. The second-order valence-electron chi connectivity index (χ2n) is 2.45. The zero-order valence-electron chi connectivity index (χ0n) is 7.16. The number of carbonyl (C=O) groups is 2. The molecule has 0 unspecified atom stereocenters. The molecule has 0 atom stereocenters. The minimum Gasteiger partial charge on any atom is -0.276 e. The summed E-state index contributed by atoms with van der Waals surface area (Å²) in [5, 5.41) is -1.66. The Morgan fingerprint density at radius 3 is 1.93 bits per heavy atom. The van der Waals surface area contributed by atoms with Crippen LogP contribution < -0.4 is 0 Å². The first-order chi connectivity index (χ1) is 7.07. The summed E-state index contributed by atoms with van der Waals surface area (Å²) in [6.45, 7) is 0. The standard InChI is InChI=1S/C9H3Cl2NO3/c10-8(14)5-2-1-3-6(9(11)15)7(5)12-4-13/h1-3H. The van der Waals surface area contributed by atoms with E-state index in [2.05, 4.69) is 4.99 Å². The van der Waals surface area contributed by atoms with E-state index in [1.807, 2.05) is 0 Å². The smallest absolute Gasteiger partial charge is 0.254 e. The van der Waals surface area contributed by atoms with E-state index in [4.69, 9.17) is 23.2 Å². The van der Waals surface area contributed by atoms with Crippen LogP contribution in [0.1, 0.15) is 20.7 Å².